The van der Waals surface area contributed by atoms with E-state index in [9.17, 15) is 22.8 Å². The average molecular weight is 245 g/mol. The Morgan fingerprint density at radius 2 is 1.94 bits per heavy atom. The lowest BCUT2D eigenvalue weighted by Crippen LogP contribution is -2.28. The highest BCUT2D eigenvalue weighted by atomic mass is 19.4. The minimum absolute atomic E-state index is 0.351. The molecular weight excluding hydrogens is 235 g/mol. The minimum Gasteiger partial charge on any atom is -0.479 e. The third kappa shape index (κ3) is 10.7. The number of alkyl halides is 3. The molecule has 0 atom stereocenters. The van der Waals surface area contributed by atoms with Crippen molar-refractivity contribution in [2.45, 2.75) is 12.6 Å². The van der Waals surface area contributed by atoms with Crippen molar-refractivity contribution in [2.24, 2.45) is 0 Å². The molecule has 0 aromatic rings. The summed E-state index contributed by atoms with van der Waals surface area (Å²) in [6.07, 6.45) is -4.79. The van der Waals surface area contributed by atoms with Crippen LogP contribution in [0.15, 0.2) is 0 Å². The van der Waals surface area contributed by atoms with Gasteiger partial charge in [0.2, 0.25) is 5.91 Å². The van der Waals surface area contributed by atoms with Crippen molar-refractivity contribution in [3.05, 3.63) is 0 Å². The van der Waals surface area contributed by atoms with Crippen molar-refractivity contribution in [1.29, 1.82) is 0 Å². The van der Waals surface area contributed by atoms with Crippen molar-refractivity contribution >= 4 is 11.9 Å². The molecule has 0 bridgehead atoms. The normalized spacial score (nSPS) is 11.2. The van der Waals surface area contributed by atoms with Crippen LogP contribution in [0.4, 0.5) is 13.2 Å². The smallest absolute Gasteiger partial charge is 0.411 e. The first-order valence-corrected chi connectivity index (χ1v) is 4.08. The van der Waals surface area contributed by atoms with E-state index in [1.165, 1.54) is 0 Å². The van der Waals surface area contributed by atoms with Crippen molar-refractivity contribution in [3.8, 4) is 0 Å². The number of amides is 1. The van der Waals surface area contributed by atoms with E-state index in [0.717, 1.165) is 0 Å². The summed E-state index contributed by atoms with van der Waals surface area (Å²) in [7, 11) is 0. The Labute approximate surface area is 88.3 Å². The molecule has 0 aliphatic heterocycles. The second-order valence-corrected chi connectivity index (χ2v) is 2.63. The lowest BCUT2D eigenvalue weighted by atomic mass is 10.4. The fourth-order valence-electron chi connectivity index (χ4n) is 0.582. The molecule has 0 heterocycles. The predicted octanol–water partition coefficient (Wildman–Crippen LogP) is 0.0878. The zero-order valence-electron chi connectivity index (χ0n) is 8.04. The van der Waals surface area contributed by atoms with Gasteiger partial charge < -0.3 is 9.84 Å². The number of aliphatic carboxylic acids is 1. The maximum Gasteiger partial charge on any atom is 0.411 e. The van der Waals surface area contributed by atoms with Crippen LogP contribution in [0.25, 0.3) is 0 Å². The van der Waals surface area contributed by atoms with Gasteiger partial charge in [-0.25, -0.2) is 10.3 Å². The van der Waals surface area contributed by atoms with E-state index in [-0.39, 0.29) is 6.42 Å². The Kier molecular flexibility index (Phi) is 6.42. The molecule has 0 aromatic carbocycles. The van der Waals surface area contributed by atoms with Gasteiger partial charge in [0.1, 0.15) is 6.61 Å². The molecule has 0 radical (unpaired) electrons. The molecule has 94 valence electrons. The standard InChI is InChI=1S/C7H10F3NO5/c8-7(9,10)4-15-2-1-5(12)11-16-3-6(13)14/h1-4H2,(H,11,12)(H,13,14). The molecule has 1 amide bonds. The lowest BCUT2D eigenvalue weighted by molar-refractivity contribution is -0.175. The largest absolute Gasteiger partial charge is 0.479 e. The highest BCUT2D eigenvalue weighted by molar-refractivity contribution is 5.75. The molecule has 0 saturated heterocycles. The molecule has 16 heavy (non-hydrogen) atoms. The van der Waals surface area contributed by atoms with E-state index in [4.69, 9.17) is 5.11 Å². The third-order valence-corrected chi connectivity index (χ3v) is 1.12. The van der Waals surface area contributed by atoms with E-state index in [0.29, 0.717) is 0 Å². The van der Waals surface area contributed by atoms with Gasteiger partial charge in [0.15, 0.2) is 6.61 Å². The number of ether oxygens (including phenoxy) is 1. The Bertz CT molecular complexity index is 243. The van der Waals surface area contributed by atoms with Gasteiger partial charge in [-0.2, -0.15) is 13.2 Å². The minimum atomic E-state index is -4.43. The SMILES string of the molecule is O=C(O)CONC(=O)CCOCC(F)(F)F. The zero-order valence-corrected chi connectivity index (χ0v) is 8.04. The van der Waals surface area contributed by atoms with Crippen LogP contribution < -0.4 is 5.48 Å². The van der Waals surface area contributed by atoms with E-state index < -0.39 is 37.9 Å². The highest BCUT2D eigenvalue weighted by Gasteiger charge is 2.27. The summed E-state index contributed by atoms with van der Waals surface area (Å²) in [6, 6.07) is 0. The molecule has 0 aromatic heterocycles. The predicted molar refractivity (Wildman–Crippen MR) is 43.2 cm³/mol. The van der Waals surface area contributed by atoms with Crippen LogP contribution in [0.2, 0.25) is 0 Å². The molecule has 9 heteroatoms. The highest BCUT2D eigenvalue weighted by Crippen LogP contribution is 2.14. The fourth-order valence-corrected chi connectivity index (χ4v) is 0.582. The van der Waals surface area contributed by atoms with E-state index >= 15 is 0 Å². The van der Waals surface area contributed by atoms with Crippen molar-refractivity contribution in [2.75, 3.05) is 19.8 Å². The maximum atomic E-state index is 11.6. The number of carboxylic acids is 1. The van der Waals surface area contributed by atoms with Gasteiger partial charge in [-0.3, -0.25) is 9.63 Å². The van der Waals surface area contributed by atoms with Gasteiger partial charge in [0.05, 0.1) is 13.0 Å². The van der Waals surface area contributed by atoms with Gasteiger partial charge in [0, 0.05) is 0 Å². The molecule has 0 aliphatic carbocycles. The number of rotatable bonds is 7. The number of hydrogen-bond donors (Lipinski definition) is 2. The van der Waals surface area contributed by atoms with Crippen LogP contribution >= 0.6 is 0 Å². The first-order chi connectivity index (χ1) is 7.31. The number of halogens is 3. The number of carboxylic acid groups (broad SMARTS) is 1. The Balaban J connectivity index is 3.41. The number of hydrogen-bond acceptors (Lipinski definition) is 4. The number of carbonyl (C=O) groups excluding carboxylic acids is 1. The topological polar surface area (TPSA) is 84.9 Å². The number of hydroxylamine groups is 1. The summed E-state index contributed by atoms with van der Waals surface area (Å²) in [5, 5.41) is 8.10. The molecule has 0 aliphatic rings. The summed E-state index contributed by atoms with van der Waals surface area (Å²) in [5.41, 5.74) is 1.73. The second-order valence-electron chi connectivity index (χ2n) is 2.63. The summed E-state index contributed by atoms with van der Waals surface area (Å²) in [5.74, 6) is -2.04. The molecule has 0 unspecified atom stereocenters. The molecule has 0 spiro atoms. The van der Waals surface area contributed by atoms with E-state index in [2.05, 4.69) is 9.57 Å². The van der Waals surface area contributed by atoms with Crippen molar-refractivity contribution in [3.63, 3.8) is 0 Å². The van der Waals surface area contributed by atoms with Gasteiger partial charge >= 0.3 is 12.1 Å². The lowest BCUT2D eigenvalue weighted by Gasteiger charge is -2.07. The van der Waals surface area contributed by atoms with Crippen LogP contribution in [0.1, 0.15) is 6.42 Å². The van der Waals surface area contributed by atoms with Gasteiger partial charge in [-0.15, -0.1) is 0 Å². The molecule has 6 nitrogen and oxygen atoms in total. The molecule has 0 rings (SSSR count). The third-order valence-electron chi connectivity index (χ3n) is 1.12. The summed E-state index contributed by atoms with van der Waals surface area (Å²) >= 11 is 0. The number of carbonyl (C=O) groups is 2. The zero-order chi connectivity index (χ0) is 12.6. The van der Waals surface area contributed by atoms with Crippen LogP contribution in [-0.2, 0) is 19.2 Å². The Morgan fingerprint density at radius 3 is 2.44 bits per heavy atom. The van der Waals surface area contributed by atoms with Gasteiger partial charge in [0.25, 0.3) is 0 Å². The first kappa shape index (κ1) is 14.6. The molecular formula is C7H10F3NO5. The van der Waals surface area contributed by atoms with Crippen molar-refractivity contribution < 1.29 is 37.4 Å². The van der Waals surface area contributed by atoms with Crippen LogP contribution in [0, 0.1) is 0 Å². The summed E-state index contributed by atoms with van der Waals surface area (Å²) in [4.78, 5) is 24.9. The first-order valence-electron chi connectivity index (χ1n) is 4.08. The summed E-state index contributed by atoms with van der Waals surface area (Å²) < 4.78 is 38.8. The van der Waals surface area contributed by atoms with Gasteiger partial charge in [-0.05, 0) is 0 Å². The average Bonchev–Trinajstić information content (AvgIpc) is 2.10. The quantitative estimate of drug-likeness (QED) is 0.490. The second kappa shape index (κ2) is 7.01. The Hall–Kier alpha value is -1.35. The maximum absolute atomic E-state index is 11.6. The monoisotopic (exact) mass is 245 g/mol. The molecule has 0 fully saturated rings. The summed E-state index contributed by atoms with van der Waals surface area (Å²) in [6.45, 7) is -2.59. The Morgan fingerprint density at radius 1 is 1.31 bits per heavy atom. The number of nitrogens with one attached hydrogen (secondary N) is 1. The van der Waals surface area contributed by atoms with Gasteiger partial charge in [-0.1, -0.05) is 0 Å². The van der Waals surface area contributed by atoms with E-state index in [1.807, 2.05) is 0 Å². The van der Waals surface area contributed by atoms with Crippen LogP contribution in [0.3, 0.4) is 0 Å². The fraction of sp³-hybridized carbons (Fsp3) is 0.714. The molecule has 2 N–H and O–H groups in total. The molecule has 0 saturated carbocycles. The van der Waals surface area contributed by atoms with Crippen LogP contribution in [-0.4, -0.2) is 43.0 Å². The van der Waals surface area contributed by atoms with Crippen LogP contribution in [0.5, 0.6) is 0 Å². The van der Waals surface area contributed by atoms with Crippen molar-refractivity contribution in [1.82, 2.24) is 5.48 Å². The van der Waals surface area contributed by atoms with E-state index in [1.54, 1.807) is 5.48 Å².